The van der Waals surface area contributed by atoms with E-state index in [9.17, 15) is 9.59 Å². The standard InChI is InChI=1S/C18H26ClN3O3/c1-12(2)21(13(3)4)8-7-20-17(23)10-22-15-9-14(19)5-6-16(15)25-11-18(22)24/h5-6,9,12-13H,7-8,10-11H2,1-4H3,(H,20,23). The highest BCUT2D eigenvalue weighted by atomic mass is 35.5. The second kappa shape index (κ2) is 8.54. The van der Waals surface area contributed by atoms with Crippen LogP contribution in [0.15, 0.2) is 18.2 Å². The summed E-state index contributed by atoms with van der Waals surface area (Å²) in [5.41, 5.74) is 0.532. The largest absolute Gasteiger partial charge is 0.482 e. The molecule has 25 heavy (non-hydrogen) atoms. The molecule has 1 aromatic carbocycles. The number of nitrogens with zero attached hydrogens (tertiary/aromatic N) is 2. The van der Waals surface area contributed by atoms with Crippen LogP contribution in [0.2, 0.25) is 5.02 Å². The van der Waals surface area contributed by atoms with Gasteiger partial charge in [-0.25, -0.2) is 0 Å². The molecular formula is C18H26ClN3O3. The first-order valence-electron chi connectivity index (χ1n) is 8.54. The predicted molar refractivity (Wildman–Crippen MR) is 99.3 cm³/mol. The van der Waals surface area contributed by atoms with Gasteiger partial charge in [-0.1, -0.05) is 11.6 Å². The fraction of sp³-hybridized carbons (Fsp3) is 0.556. The molecule has 0 atom stereocenters. The molecule has 6 nitrogen and oxygen atoms in total. The number of carbonyl (C=O) groups excluding carboxylic acids is 2. The van der Waals surface area contributed by atoms with E-state index in [0.717, 1.165) is 6.54 Å². The Morgan fingerprint density at radius 2 is 2.00 bits per heavy atom. The van der Waals surface area contributed by atoms with E-state index < -0.39 is 0 Å². The highest BCUT2D eigenvalue weighted by molar-refractivity contribution is 6.31. The van der Waals surface area contributed by atoms with Crippen molar-refractivity contribution in [3.8, 4) is 5.75 Å². The van der Waals surface area contributed by atoms with E-state index in [1.54, 1.807) is 18.2 Å². The summed E-state index contributed by atoms with van der Waals surface area (Å²) in [6, 6.07) is 5.86. The lowest BCUT2D eigenvalue weighted by atomic mass is 10.2. The SMILES string of the molecule is CC(C)N(CCNC(=O)CN1C(=O)COc2ccc(Cl)cc21)C(C)C. The van der Waals surface area contributed by atoms with Gasteiger partial charge < -0.3 is 10.1 Å². The van der Waals surface area contributed by atoms with Crippen LogP contribution in [0, 0.1) is 0 Å². The smallest absolute Gasteiger partial charge is 0.265 e. The number of anilines is 1. The van der Waals surface area contributed by atoms with Crippen molar-refractivity contribution in [3.05, 3.63) is 23.2 Å². The van der Waals surface area contributed by atoms with Crippen LogP contribution in [0.3, 0.4) is 0 Å². The number of fused-ring (bicyclic) bond motifs is 1. The minimum Gasteiger partial charge on any atom is -0.482 e. The Balaban J connectivity index is 1.94. The third kappa shape index (κ3) is 5.09. The summed E-state index contributed by atoms with van der Waals surface area (Å²) < 4.78 is 5.38. The number of rotatable bonds is 7. The monoisotopic (exact) mass is 367 g/mol. The van der Waals surface area contributed by atoms with Crippen molar-refractivity contribution in [2.75, 3.05) is 31.1 Å². The number of nitrogens with one attached hydrogen (secondary N) is 1. The molecule has 1 heterocycles. The summed E-state index contributed by atoms with van der Waals surface area (Å²) >= 11 is 6.00. The van der Waals surface area contributed by atoms with Gasteiger partial charge >= 0.3 is 0 Å². The number of carbonyl (C=O) groups is 2. The van der Waals surface area contributed by atoms with Gasteiger partial charge in [0.15, 0.2) is 6.61 Å². The number of amides is 2. The van der Waals surface area contributed by atoms with Crippen LogP contribution in [0.1, 0.15) is 27.7 Å². The van der Waals surface area contributed by atoms with E-state index >= 15 is 0 Å². The lowest BCUT2D eigenvalue weighted by Crippen LogP contribution is -2.47. The molecule has 1 aromatic rings. The summed E-state index contributed by atoms with van der Waals surface area (Å²) in [6.07, 6.45) is 0. The molecular weight excluding hydrogens is 342 g/mol. The topological polar surface area (TPSA) is 61.9 Å². The first kappa shape index (κ1) is 19.5. The molecule has 0 bridgehead atoms. The lowest BCUT2D eigenvalue weighted by Gasteiger charge is -2.31. The van der Waals surface area contributed by atoms with Crippen LogP contribution in [0.5, 0.6) is 5.75 Å². The molecule has 2 rings (SSSR count). The van der Waals surface area contributed by atoms with Gasteiger partial charge in [0, 0.05) is 30.2 Å². The summed E-state index contributed by atoms with van der Waals surface area (Å²) in [5.74, 6) is 0.104. The van der Waals surface area contributed by atoms with Crippen molar-refractivity contribution in [3.63, 3.8) is 0 Å². The van der Waals surface area contributed by atoms with Gasteiger partial charge in [-0.2, -0.15) is 0 Å². The molecule has 0 saturated heterocycles. The fourth-order valence-electron chi connectivity index (χ4n) is 2.99. The van der Waals surface area contributed by atoms with E-state index in [0.29, 0.717) is 35.1 Å². The molecule has 2 amide bonds. The maximum absolute atomic E-state index is 12.3. The Hall–Kier alpha value is -1.79. The van der Waals surface area contributed by atoms with Gasteiger partial charge in [0.1, 0.15) is 12.3 Å². The Kier molecular flexibility index (Phi) is 6.67. The predicted octanol–water partition coefficient (Wildman–Crippen LogP) is 2.30. The van der Waals surface area contributed by atoms with Crippen molar-refractivity contribution < 1.29 is 14.3 Å². The number of hydrogen-bond acceptors (Lipinski definition) is 4. The molecule has 1 aliphatic rings. The molecule has 7 heteroatoms. The molecule has 1 N–H and O–H groups in total. The number of ether oxygens (including phenoxy) is 1. The Bertz CT molecular complexity index is 626. The van der Waals surface area contributed by atoms with E-state index in [2.05, 4.69) is 37.9 Å². The lowest BCUT2D eigenvalue weighted by molar-refractivity contribution is -0.125. The summed E-state index contributed by atoms with van der Waals surface area (Å²) in [6.45, 7) is 9.72. The van der Waals surface area contributed by atoms with Crippen molar-refractivity contribution in [1.29, 1.82) is 0 Å². The van der Waals surface area contributed by atoms with Gasteiger partial charge in [0.2, 0.25) is 5.91 Å². The van der Waals surface area contributed by atoms with Gasteiger partial charge in [-0.3, -0.25) is 19.4 Å². The van der Waals surface area contributed by atoms with Crippen LogP contribution in [0.25, 0.3) is 0 Å². The highest BCUT2D eigenvalue weighted by Crippen LogP contribution is 2.34. The van der Waals surface area contributed by atoms with E-state index in [4.69, 9.17) is 16.3 Å². The third-order valence-electron chi connectivity index (χ3n) is 4.18. The average Bonchev–Trinajstić information content (AvgIpc) is 2.53. The van der Waals surface area contributed by atoms with Crippen LogP contribution < -0.4 is 15.0 Å². The average molecular weight is 368 g/mol. The molecule has 0 unspecified atom stereocenters. The van der Waals surface area contributed by atoms with Crippen molar-refractivity contribution >= 4 is 29.1 Å². The maximum atomic E-state index is 12.3. The highest BCUT2D eigenvalue weighted by Gasteiger charge is 2.27. The van der Waals surface area contributed by atoms with Crippen LogP contribution >= 0.6 is 11.6 Å². The first-order chi connectivity index (χ1) is 11.8. The Morgan fingerprint density at radius 1 is 1.32 bits per heavy atom. The molecule has 0 saturated carbocycles. The quantitative estimate of drug-likeness (QED) is 0.803. The van der Waals surface area contributed by atoms with Crippen molar-refractivity contribution in [2.45, 2.75) is 39.8 Å². The first-order valence-corrected chi connectivity index (χ1v) is 8.92. The van der Waals surface area contributed by atoms with Crippen LogP contribution in [0.4, 0.5) is 5.69 Å². The minimum absolute atomic E-state index is 0.0428. The molecule has 0 fully saturated rings. The summed E-state index contributed by atoms with van der Waals surface area (Å²) in [5, 5.41) is 3.38. The maximum Gasteiger partial charge on any atom is 0.265 e. The van der Waals surface area contributed by atoms with E-state index in [-0.39, 0.29) is 25.0 Å². The van der Waals surface area contributed by atoms with E-state index in [1.165, 1.54) is 4.90 Å². The van der Waals surface area contributed by atoms with Gasteiger partial charge in [0.05, 0.1) is 5.69 Å². The zero-order valence-corrected chi connectivity index (χ0v) is 16.0. The summed E-state index contributed by atoms with van der Waals surface area (Å²) in [4.78, 5) is 28.1. The molecule has 0 radical (unpaired) electrons. The zero-order valence-electron chi connectivity index (χ0n) is 15.2. The molecule has 0 aliphatic carbocycles. The second-order valence-corrected chi connectivity index (χ2v) is 7.09. The van der Waals surface area contributed by atoms with Crippen LogP contribution in [-0.2, 0) is 9.59 Å². The van der Waals surface area contributed by atoms with Crippen molar-refractivity contribution in [2.24, 2.45) is 0 Å². The van der Waals surface area contributed by atoms with Crippen LogP contribution in [-0.4, -0.2) is 55.0 Å². The van der Waals surface area contributed by atoms with Gasteiger partial charge in [-0.15, -0.1) is 0 Å². The van der Waals surface area contributed by atoms with Crippen molar-refractivity contribution in [1.82, 2.24) is 10.2 Å². The Labute approximate surface area is 154 Å². The molecule has 138 valence electrons. The second-order valence-electron chi connectivity index (χ2n) is 6.66. The third-order valence-corrected chi connectivity index (χ3v) is 4.42. The number of benzene rings is 1. The van der Waals surface area contributed by atoms with E-state index in [1.807, 2.05) is 0 Å². The molecule has 0 spiro atoms. The molecule has 1 aliphatic heterocycles. The number of hydrogen-bond donors (Lipinski definition) is 1. The fourth-order valence-corrected chi connectivity index (χ4v) is 3.15. The normalized spacial score (nSPS) is 14.1. The Morgan fingerprint density at radius 3 is 2.64 bits per heavy atom. The minimum atomic E-state index is -0.254. The number of halogens is 1. The molecule has 0 aromatic heterocycles. The zero-order chi connectivity index (χ0) is 18.6. The summed E-state index contributed by atoms with van der Waals surface area (Å²) in [7, 11) is 0. The van der Waals surface area contributed by atoms with Gasteiger partial charge in [0.25, 0.3) is 5.91 Å². The van der Waals surface area contributed by atoms with Gasteiger partial charge in [-0.05, 0) is 45.9 Å².